The van der Waals surface area contributed by atoms with Gasteiger partial charge in [0.05, 0.1) is 12.2 Å². The minimum Gasteiger partial charge on any atom is -0.395 e. The normalized spacial score (nSPS) is 52.3. The molecule has 3 heteroatoms. The van der Waals surface area contributed by atoms with E-state index in [1.807, 2.05) is 0 Å². The molecule has 4 rings (SSSR count). The molecule has 0 amide bonds. The van der Waals surface area contributed by atoms with E-state index in [-0.39, 0.29) is 12.0 Å². The third-order valence-electron chi connectivity index (χ3n) is 9.61. The molecule has 0 aromatic heterocycles. The zero-order valence-corrected chi connectivity index (χ0v) is 16.4. The Kier molecular flexibility index (Phi) is 4.74. The Morgan fingerprint density at radius 2 is 1.72 bits per heavy atom. The number of hydrogen-bond acceptors (Lipinski definition) is 3. The minimum atomic E-state index is -0.581. The van der Waals surface area contributed by atoms with Crippen LogP contribution in [-0.4, -0.2) is 35.5 Å². The van der Waals surface area contributed by atoms with E-state index in [2.05, 4.69) is 19.2 Å². The van der Waals surface area contributed by atoms with Crippen LogP contribution in [0.4, 0.5) is 0 Å². The summed E-state index contributed by atoms with van der Waals surface area (Å²) in [7, 11) is 0. The van der Waals surface area contributed by atoms with Crippen molar-refractivity contribution < 1.29 is 10.2 Å². The predicted molar refractivity (Wildman–Crippen MR) is 101 cm³/mol. The molecule has 0 unspecified atom stereocenters. The van der Waals surface area contributed by atoms with Gasteiger partial charge in [0.2, 0.25) is 0 Å². The van der Waals surface area contributed by atoms with E-state index in [1.54, 1.807) is 0 Å². The van der Waals surface area contributed by atoms with Gasteiger partial charge in [-0.15, -0.1) is 0 Å². The number of rotatable bonds is 4. The van der Waals surface area contributed by atoms with Crippen molar-refractivity contribution in [3.63, 3.8) is 0 Å². The van der Waals surface area contributed by atoms with Crippen LogP contribution >= 0.6 is 0 Å². The van der Waals surface area contributed by atoms with Gasteiger partial charge in [0.25, 0.3) is 0 Å². The molecule has 0 saturated heterocycles. The lowest BCUT2D eigenvalue weighted by atomic mass is 9.44. The van der Waals surface area contributed by atoms with Crippen molar-refractivity contribution >= 4 is 0 Å². The second-order valence-electron chi connectivity index (χ2n) is 10.3. The van der Waals surface area contributed by atoms with Gasteiger partial charge in [-0.1, -0.05) is 26.7 Å². The zero-order chi connectivity index (χ0) is 17.7. The molecule has 144 valence electrons. The van der Waals surface area contributed by atoms with Crippen molar-refractivity contribution in [2.24, 2.45) is 34.5 Å². The molecule has 4 aliphatic carbocycles. The smallest absolute Gasteiger partial charge is 0.0827 e. The van der Waals surface area contributed by atoms with E-state index < -0.39 is 5.60 Å². The van der Waals surface area contributed by atoms with Gasteiger partial charge >= 0.3 is 0 Å². The highest BCUT2D eigenvalue weighted by Crippen LogP contribution is 2.68. The first-order valence-corrected chi connectivity index (χ1v) is 11.0. The van der Waals surface area contributed by atoms with Crippen LogP contribution in [0.15, 0.2) is 0 Å². The maximum absolute atomic E-state index is 11.5. The number of hydrogen-bond donors (Lipinski definition) is 3. The van der Waals surface area contributed by atoms with Crippen LogP contribution in [0.5, 0.6) is 0 Å². The zero-order valence-electron chi connectivity index (χ0n) is 16.4. The molecule has 4 saturated carbocycles. The average Bonchev–Trinajstić information content (AvgIpc) is 2.86. The lowest BCUT2D eigenvalue weighted by Gasteiger charge is -2.61. The minimum absolute atomic E-state index is 0.0640. The van der Waals surface area contributed by atoms with Crippen LogP contribution < -0.4 is 5.32 Å². The summed E-state index contributed by atoms with van der Waals surface area (Å²) in [6.45, 7) is 6.41. The first-order chi connectivity index (χ1) is 11.9. The average molecular weight is 350 g/mol. The van der Waals surface area contributed by atoms with Crippen LogP contribution in [-0.2, 0) is 0 Å². The molecule has 0 aromatic rings. The summed E-state index contributed by atoms with van der Waals surface area (Å²) in [5.74, 6) is 3.41. The third kappa shape index (κ3) is 2.63. The summed E-state index contributed by atoms with van der Waals surface area (Å²) in [5, 5.41) is 23.9. The highest BCUT2D eigenvalue weighted by atomic mass is 16.3. The van der Waals surface area contributed by atoms with Crippen LogP contribution in [0.2, 0.25) is 0 Å². The second-order valence-corrected chi connectivity index (χ2v) is 10.3. The topological polar surface area (TPSA) is 52.5 Å². The molecule has 25 heavy (non-hydrogen) atoms. The van der Waals surface area contributed by atoms with Crippen molar-refractivity contribution in [3.05, 3.63) is 0 Å². The summed E-state index contributed by atoms with van der Waals surface area (Å²) >= 11 is 0. The summed E-state index contributed by atoms with van der Waals surface area (Å²) in [5.41, 5.74) is 0.0644. The monoisotopic (exact) mass is 349 g/mol. The fourth-order valence-corrected chi connectivity index (χ4v) is 8.07. The van der Waals surface area contributed by atoms with Gasteiger partial charge in [-0.2, -0.15) is 0 Å². The number of fused-ring (bicyclic) bond motifs is 5. The maximum Gasteiger partial charge on any atom is 0.0827 e. The van der Waals surface area contributed by atoms with Gasteiger partial charge in [0.1, 0.15) is 0 Å². The van der Waals surface area contributed by atoms with E-state index in [1.165, 1.54) is 57.8 Å². The van der Waals surface area contributed by atoms with Crippen molar-refractivity contribution in [1.82, 2.24) is 5.32 Å². The van der Waals surface area contributed by atoms with E-state index in [0.717, 1.165) is 24.2 Å². The fourth-order valence-electron chi connectivity index (χ4n) is 8.07. The maximum atomic E-state index is 11.5. The molecule has 3 N–H and O–H groups in total. The molecule has 0 heterocycles. The Balaban J connectivity index is 1.55. The molecule has 3 nitrogen and oxygen atoms in total. The van der Waals surface area contributed by atoms with Gasteiger partial charge in [-0.05, 0) is 80.5 Å². The van der Waals surface area contributed by atoms with E-state index in [0.29, 0.717) is 24.4 Å². The molecular weight excluding hydrogens is 310 g/mol. The van der Waals surface area contributed by atoms with Crippen LogP contribution in [0.3, 0.4) is 0 Å². The van der Waals surface area contributed by atoms with Crippen molar-refractivity contribution in [2.45, 2.75) is 83.7 Å². The van der Waals surface area contributed by atoms with Crippen LogP contribution in [0.25, 0.3) is 0 Å². The van der Waals surface area contributed by atoms with E-state index >= 15 is 0 Å². The van der Waals surface area contributed by atoms with Crippen molar-refractivity contribution in [1.29, 1.82) is 0 Å². The molecule has 0 bridgehead atoms. The van der Waals surface area contributed by atoms with Crippen LogP contribution in [0.1, 0.15) is 78.1 Å². The second kappa shape index (κ2) is 6.49. The first kappa shape index (κ1) is 18.3. The molecule has 0 radical (unpaired) electrons. The Hall–Kier alpha value is -0.120. The van der Waals surface area contributed by atoms with Gasteiger partial charge in [-0.25, -0.2) is 0 Å². The third-order valence-corrected chi connectivity index (χ3v) is 9.61. The fraction of sp³-hybridized carbons (Fsp3) is 1.00. The summed E-state index contributed by atoms with van der Waals surface area (Å²) < 4.78 is 0. The molecule has 4 fully saturated rings. The predicted octanol–water partition coefficient (Wildman–Crippen LogP) is 3.73. The SMILES string of the molecule is C[C@@]12CCCC[C@@H]1CC[C@H]1[C@@H]2CC[C@]2(C)[C@H]1CC[C@@]2(O)CNCCO. The van der Waals surface area contributed by atoms with E-state index in [9.17, 15) is 5.11 Å². The highest BCUT2D eigenvalue weighted by molar-refractivity contribution is 5.14. The molecule has 4 aliphatic rings. The molecule has 7 atom stereocenters. The van der Waals surface area contributed by atoms with Crippen molar-refractivity contribution in [3.8, 4) is 0 Å². The molecular formula is C22H39NO2. The first-order valence-electron chi connectivity index (χ1n) is 11.0. The summed E-state index contributed by atoms with van der Waals surface area (Å²) in [4.78, 5) is 0. The van der Waals surface area contributed by atoms with Gasteiger partial charge < -0.3 is 15.5 Å². The standard InChI is InChI=1S/C22H39NO2/c1-20-10-4-3-5-16(20)6-7-17-18(20)8-11-21(2)19(17)9-12-22(21,25)15-23-13-14-24/h16-19,23-25H,3-15H2,1-2H3/t16-,17+,18+,19+,20-,21-,22-/m1/s1. The Bertz CT molecular complexity index is 496. The quantitative estimate of drug-likeness (QED) is 0.678. The molecule has 0 spiro atoms. The highest BCUT2D eigenvalue weighted by Gasteiger charge is 2.64. The Labute approximate surface area is 154 Å². The van der Waals surface area contributed by atoms with E-state index in [4.69, 9.17) is 5.11 Å². The Morgan fingerprint density at radius 3 is 2.52 bits per heavy atom. The summed E-state index contributed by atoms with van der Waals surface area (Å²) in [6, 6.07) is 0. The largest absolute Gasteiger partial charge is 0.395 e. The van der Waals surface area contributed by atoms with Crippen molar-refractivity contribution in [2.75, 3.05) is 19.7 Å². The number of aliphatic hydroxyl groups excluding tert-OH is 1. The molecule has 0 aromatic carbocycles. The number of nitrogens with one attached hydrogen (secondary N) is 1. The van der Waals surface area contributed by atoms with Crippen LogP contribution in [0, 0.1) is 34.5 Å². The van der Waals surface area contributed by atoms with Gasteiger partial charge in [-0.3, -0.25) is 0 Å². The summed E-state index contributed by atoms with van der Waals surface area (Å²) in [6.07, 6.45) is 13.3. The molecule has 0 aliphatic heterocycles. The number of aliphatic hydroxyl groups is 2. The van der Waals surface area contributed by atoms with Gasteiger partial charge in [0, 0.05) is 18.5 Å². The lowest BCUT2D eigenvalue weighted by molar-refractivity contribution is -0.150. The van der Waals surface area contributed by atoms with Gasteiger partial charge in [0.15, 0.2) is 0 Å². The Morgan fingerprint density at radius 1 is 0.920 bits per heavy atom. The lowest BCUT2D eigenvalue weighted by Crippen LogP contribution is -2.58.